The SMILES string of the molecule is C=CCCc1ccc(OCC2CCC3CC(c4ccc(C5=CCC(CCC)C=C5)cc4)CCC3C2)c(F)c1F. The highest BCUT2D eigenvalue weighted by Gasteiger charge is 2.36. The van der Waals surface area contributed by atoms with Crippen molar-refractivity contribution in [1.29, 1.82) is 0 Å². The lowest BCUT2D eigenvalue weighted by molar-refractivity contribution is 0.0902. The lowest BCUT2D eigenvalue weighted by atomic mass is 9.64. The molecule has 0 saturated heterocycles. The van der Waals surface area contributed by atoms with Crippen LogP contribution in [0, 0.1) is 35.3 Å². The first-order chi connectivity index (χ1) is 19.1. The van der Waals surface area contributed by atoms with Crippen molar-refractivity contribution in [3.8, 4) is 5.75 Å². The first-order valence-electron chi connectivity index (χ1n) is 15.2. The number of fused-ring (bicyclic) bond motifs is 1. The van der Waals surface area contributed by atoms with Crippen molar-refractivity contribution in [1.82, 2.24) is 0 Å². The number of halogens is 2. The normalized spacial score (nSPS) is 26.5. The number of ether oxygens (including phenoxy) is 1. The van der Waals surface area contributed by atoms with E-state index in [4.69, 9.17) is 4.74 Å². The van der Waals surface area contributed by atoms with Gasteiger partial charge < -0.3 is 4.74 Å². The Kier molecular flexibility index (Phi) is 9.37. The molecule has 2 fully saturated rings. The molecule has 5 unspecified atom stereocenters. The van der Waals surface area contributed by atoms with Gasteiger partial charge in [-0.2, -0.15) is 4.39 Å². The van der Waals surface area contributed by atoms with E-state index in [9.17, 15) is 8.78 Å². The second-order valence-corrected chi connectivity index (χ2v) is 12.1. The molecule has 2 saturated carbocycles. The van der Waals surface area contributed by atoms with Gasteiger partial charge in [0.1, 0.15) is 0 Å². The van der Waals surface area contributed by atoms with Crippen LogP contribution >= 0.6 is 0 Å². The van der Waals surface area contributed by atoms with Crippen molar-refractivity contribution in [2.24, 2.45) is 23.7 Å². The van der Waals surface area contributed by atoms with Crippen LogP contribution in [0.1, 0.15) is 93.7 Å². The molecule has 3 aliphatic carbocycles. The second-order valence-electron chi connectivity index (χ2n) is 12.1. The molecule has 2 aromatic rings. The van der Waals surface area contributed by atoms with Gasteiger partial charge in [-0.3, -0.25) is 0 Å². The van der Waals surface area contributed by atoms with E-state index in [1.807, 2.05) is 0 Å². The third-order valence-electron chi connectivity index (χ3n) is 9.50. The third kappa shape index (κ3) is 6.73. The van der Waals surface area contributed by atoms with Gasteiger partial charge in [-0.25, -0.2) is 4.39 Å². The Hall–Kier alpha value is -2.68. The smallest absolute Gasteiger partial charge is 0.200 e. The molecule has 1 nitrogen and oxygen atoms in total. The molecule has 0 spiro atoms. The van der Waals surface area contributed by atoms with Crippen molar-refractivity contribution in [2.75, 3.05) is 6.61 Å². The van der Waals surface area contributed by atoms with E-state index in [1.54, 1.807) is 18.2 Å². The zero-order valence-corrected chi connectivity index (χ0v) is 23.5. The summed E-state index contributed by atoms with van der Waals surface area (Å²) in [5.41, 5.74) is 4.57. The molecule has 39 heavy (non-hydrogen) atoms. The van der Waals surface area contributed by atoms with Gasteiger partial charge in [0.25, 0.3) is 0 Å². The van der Waals surface area contributed by atoms with E-state index in [1.165, 1.54) is 55.2 Å². The van der Waals surface area contributed by atoms with Crippen LogP contribution in [0.25, 0.3) is 5.57 Å². The number of allylic oxidation sites excluding steroid dienone is 5. The van der Waals surface area contributed by atoms with Crippen LogP contribution < -0.4 is 4.74 Å². The molecule has 0 amide bonds. The van der Waals surface area contributed by atoms with Crippen molar-refractivity contribution < 1.29 is 13.5 Å². The van der Waals surface area contributed by atoms with Gasteiger partial charge >= 0.3 is 0 Å². The topological polar surface area (TPSA) is 9.23 Å². The lowest BCUT2D eigenvalue weighted by Gasteiger charge is -2.42. The minimum atomic E-state index is -0.853. The fourth-order valence-corrected chi connectivity index (χ4v) is 7.19. The van der Waals surface area contributed by atoms with Gasteiger partial charge in [-0.15, -0.1) is 6.58 Å². The average Bonchev–Trinajstić information content (AvgIpc) is 2.98. The van der Waals surface area contributed by atoms with Crippen LogP contribution in [-0.4, -0.2) is 6.61 Å². The van der Waals surface area contributed by atoms with Crippen LogP contribution in [0.4, 0.5) is 8.78 Å². The van der Waals surface area contributed by atoms with E-state index >= 15 is 0 Å². The number of rotatable bonds is 10. The summed E-state index contributed by atoms with van der Waals surface area (Å²) in [5.74, 6) is 1.66. The first-order valence-corrected chi connectivity index (χ1v) is 15.2. The largest absolute Gasteiger partial charge is 0.490 e. The van der Waals surface area contributed by atoms with Crippen molar-refractivity contribution in [3.63, 3.8) is 0 Å². The van der Waals surface area contributed by atoms with E-state index in [0.717, 1.165) is 31.1 Å². The Labute approximate surface area is 234 Å². The van der Waals surface area contributed by atoms with Crippen LogP contribution in [-0.2, 0) is 6.42 Å². The highest BCUT2D eigenvalue weighted by molar-refractivity contribution is 5.75. The van der Waals surface area contributed by atoms with Gasteiger partial charge in [0.05, 0.1) is 6.61 Å². The van der Waals surface area contributed by atoms with Gasteiger partial charge in [-0.05, 0) is 122 Å². The summed E-state index contributed by atoms with van der Waals surface area (Å²) in [6, 6.07) is 12.6. The van der Waals surface area contributed by atoms with E-state index in [0.29, 0.717) is 42.8 Å². The summed E-state index contributed by atoms with van der Waals surface area (Å²) in [7, 11) is 0. The van der Waals surface area contributed by atoms with Crippen LogP contribution in [0.5, 0.6) is 5.75 Å². The van der Waals surface area contributed by atoms with Gasteiger partial charge in [0.15, 0.2) is 11.6 Å². The second kappa shape index (κ2) is 13.1. The zero-order chi connectivity index (χ0) is 27.2. The van der Waals surface area contributed by atoms with E-state index < -0.39 is 11.6 Å². The van der Waals surface area contributed by atoms with Crippen LogP contribution in [0.15, 0.2) is 67.3 Å². The Morgan fingerprint density at radius 2 is 1.74 bits per heavy atom. The standard InChI is InChI=1S/C36H44F2O/c1-3-5-7-30-20-21-34(36(38)35(30)37)39-24-26-10-13-33-23-32(19-18-31(33)22-26)29-16-14-28(15-17-29)27-11-8-25(6-4-2)9-12-27/h3,8,11-12,14-17,20-21,25-26,31-33H,1,4-7,9-10,13,18-19,22-24H2,2H3. The van der Waals surface area contributed by atoms with Crippen molar-refractivity contribution in [2.45, 2.75) is 83.5 Å². The first kappa shape index (κ1) is 27.9. The molecule has 3 aliphatic rings. The Balaban J connectivity index is 1.11. The number of aryl methyl sites for hydroxylation is 1. The Bertz CT molecular complexity index is 1180. The summed E-state index contributed by atoms with van der Waals surface area (Å²) in [6.07, 6.45) is 20.8. The average molecular weight is 531 g/mol. The highest BCUT2D eigenvalue weighted by atomic mass is 19.2. The number of benzene rings is 2. The fraction of sp³-hybridized carbons (Fsp3) is 0.500. The summed E-state index contributed by atoms with van der Waals surface area (Å²) >= 11 is 0. The number of hydrogen-bond acceptors (Lipinski definition) is 1. The predicted octanol–water partition coefficient (Wildman–Crippen LogP) is 10.2. The zero-order valence-electron chi connectivity index (χ0n) is 23.5. The summed E-state index contributed by atoms with van der Waals surface area (Å²) in [5, 5.41) is 0. The van der Waals surface area contributed by atoms with Gasteiger partial charge in [-0.1, -0.05) is 68.0 Å². The summed E-state index contributed by atoms with van der Waals surface area (Å²) in [4.78, 5) is 0. The third-order valence-corrected chi connectivity index (χ3v) is 9.50. The molecule has 3 heteroatoms. The predicted molar refractivity (Wildman–Crippen MR) is 158 cm³/mol. The maximum atomic E-state index is 14.6. The minimum absolute atomic E-state index is 0.0457. The molecule has 0 radical (unpaired) electrons. The van der Waals surface area contributed by atoms with E-state index in [2.05, 4.69) is 56.0 Å². The summed E-state index contributed by atoms with van der Waals surface area (Å²) < 4.78 is 34.8. The molecule has 2 aromatic carbocycles. The molecule has 0 bridgehead atoms. The Morgan fingerprint density at radius 1 is 0.949 bits per heavy atom. The molecule has 208 valence electrons. The fourth-order valence-electron chi connectivity index (χ4n) is 7.19. The number of hydrogen-bond donors (Lipinski definition) is 0. The lowest BCUT2D eigenvalue weighted by Crippen LogP contribution is -2.32. The molecule has 0 aliphatic heterocycles. The molecular formula is C36H44F2O. The maximum absolute atomic E-state index is 14.6. The minimum Gasteiger partial charge on any atom is -0.490 e. The van der Waals surface area contributed by atoms with Crippen LogP contribution in [0.2, 0.25) is 0 Å². The van der Waals surface area contributed by atoms with E-state index in [-0.39, 0.29) is 5.75 Å². The molecule has 5 atom stereocenters. The monoisotopic (exact) mass is 530 g/mol. The quantitative estimate of drug-likeness (QED) is 0.278. The maximum Gasteiger partial charge on any atom is 0.200 e. The molecule has 0 heterocycles. The highest BCUT2D eigenvalue weighted by Crippen LogP contribution is 2.48. The Morgan fingerprint density at radius 3 is 2.49 bits per heavy atom. The molecule has 0 N–H and O–H groups in total. The molecule has 5 rings (SSSR count). The van der Waals surface area contributed by atoms with Crippen LogP contribution in [0.3, 0.4) is 0 Å². The van der Waals surface area contributed by atoms with Gasteiger partial charge in [0, 0.05) is 0 Å². The van der Waals surface area contributed by atoms with Crippen molar-refractivity contribution in [3.05, 3.63) is 95.6 Å². The van der Waals surface area contributed by atoms with Gasteiger partial charge in [0.2, 0.25) is 5.82 Å². The molecular weight excluding hydrogens is 486 g/mol. The summed E-state index contributed by atoms with van der Waals surface area (Å²) in [6.45, 7) is 6.39. The van der Waals surface area contributed by atoms with Crippen molar-refractivity contribution >= 4 is 5.57 Å². The molecule has 0 aromatic heterocycles.